The Morgan fingerprint density at radius 3 is 2.75 bits per heavy atom. The number of rotatable bonds is 3. The molecule has 0 aliphatic carbocycles. The normalized spacial score (nSPS) is 11.3. The van der Waals surface area contributed by atoms with E-state index in [9.17, 15) is 4.79 Å². The highest BCUT2D eigenvalue weighted by molar-refractivity contribution is 14.1. The van der Waals surface area contributed by atoms with Crippen LogP contribution in [-0.2, 0) is 0 Å². The highest BCUT2D eigenvalue weighted by atomic mass is 127. The molecular formula is C11H14BrIN2O. The van der Waals surface area contributed by atoms with E-state index < -0.39 is 5.54 Å². The van der Waals surface area contributed by atoms with Gasteiger partial charge in [0.2, 0.25) is 0 Å². The second-order valence-corrected chi connectivity index (χ2v) is 6.27. The van der Waals surface area contributed by atoms with Crippen molar-refractivity contribution in [1.82, 2.24) is 5.32 Å². The Balaban J connectivity index is 2.93. The van der Waals surface area contributed by atoms with E-state index in [1.807, 2.05) is 32.0 Å². The van der Waals surface area contributed by atoms with Gasteiger partial charge in [-0.05, 0) is 70.6 Å². The Kier molecular flexibility index (Phi) is 4.75. The molecule has 16 heavy (non-hydrogen) atoms. The number of amides is 1. The topological polar surface area (TPSA) is 55.1 Å². The van der Waals surface area contributed by atoms with Crippen molar-refractivity contribution in [2.24, 2.45) is 5.73 Å². The average Bonchev–Trinajstić information content (AvgIpc) is 2.21. The van der Waals surface area contributed by atoms with Gasteiger partial charge in [0.05, 0.1) is 5.56 Å². The van der Waals surface area contributed by atoms with Crippen molar-refractivity contribution >= 4 is 44.4 Å². The summed E-state index contributed by atoms with van der Waals surface area (Å²) in [5.74, 6) is -0.110. The van der Waals surface area contributed by atoms with Crippen molar-refractivity contribution in [2.75, 3.05) is 6.54 Å². The second-order valence-electron chi connectivity index (χ2n) is 4.17. The molecule has 0 bridgehead atoms. The molecule has 0 unspecified atom stereocenters. The first kappa shape index (κ1) is 13.9. The molecule has 0 atom stereocenters. The molecule has 0 aliphatic heterocycles. The molecule has 0 saturated heterocycles. The monoisotopic (exact) mass is 396 g/mol. The van der Waals surface area contributed by atoms with Crippen molar-refractivity contribution in [3.05, 3.63) is 31.8 Å². The molecular weight excluding hydrogens is 383 g/mol. The minimum absolute atomic E-state index is 0.110. The summed E-state index contributed by atoms with van der Waals surface area (Å²) < 4.78 is 1.81. The smallest absolute Gasteiger partial charge is 0.252 e. The second kappa shape index (κ2) is 5.46. The zero-order chi connectivity index (χ0) is 12.3. The van der Waals surface area contributed by atoms with Gasteiger partial charge in [-0.1, -0.05) is 0 Å². The van der Waals surface area contributed by atoms with Gasteiger partial charge in [-0.3, -0.25) is 4.79 Å². The summed E-state index contributed by atoms with van der Waals surface area (Å²) in [6, 6.07) is 5.65. The van der Waals surface area contributed by atoms with Crippen LogP contribution in [0, 0.1) is 3.57 Å². The predicted molar refractivity (Wildman–Crippen MR) is 77.5 cm³/mol. The minimum Gasteiger partial charge on any atom is -0.346 e. The number of carbonyl (C=O) groups is 1. The standard InChI is InChI=1S/C11H14BrIN2O/c1-11(2,6-14)15-10(16)8-5-7(13)3-4-9(8)12/h3-5H,6,14H2,1-2H3,(H,15,16). The molecule has 3 N–H and O–H groups in total. The molecule has 0 spiro atoms. The van der Waals surface area contributed by atoms with Crippen molar-refractivity contribution in [3.8, 4) is 0 Å². The Bertz CT molecular complexity index is 407. The number of halogens is 2. The molecule has 0 saturated carbocycles. The number of nitrogens with two attached hydrogens (primary N) is 1. The van der Waals surface area contributed by atoms with Gasteiger partial charge < -0.3 is 11.1 Å². The summed E-state index contributed by atoms with van der Waals surface area (Å²) in [6.45, 7) is 4.19. The largest absolute Gasteiger partial charge is 0.346 e. The van der Waals surface area contributed by atoms with Gasteiger partial charge in [0.15, 0.2) is 0 Å². The molecule has 0 heterocycles. The zero-order valence-corrected chi connectivity index (χ0v) is 12.9. The molecule has 0 radical (unpaired) electrons. The SMILES string of the molecule is CC(C)(CN)NC(=O)c1cc(I)ccc1Br. The van der Waals surface area contributed by atoms with Crippen LogP contribution in [0.15, 0.2) is 22.7 Å². The van der Waals surface area contributed by atoms with Crippen LogP contribution < -0.4 is 11.1 Å². The third kappa shape index (κ3) is 3.71. The molecule has 1 aromatic rings. The number of hydrogen-bond donors (Lipinski definition) is 2. The fraction of sp³-hybridized carbons (Fsp3) is 0.364. The first-order valence-electron chi connectivity index (χ1n) is 4.83. The predicted octanol–water partition coefficient (Wildman–Crippen LogP) is 2.52. The van der Waals surface area contributed by atoms with E-state index in [0.29, 0.717) is 12.1 Å². The average molecular weight is 397 g/mol. The van der Waals surface area contributed by atoms with Gasteiger partial charge in [-0.2, -0.15) is 0 Å². The van der Waals surface area contributed by atoms with E-state index >= 15 is 0 Å². The lowest BCUT2D eigenvalue weighted by molar-refractivity contribution is 0.0915. The van der Waals surface area contributed by atoms with E-state index in [4.69, 9.17) is 5.73 Å². The number of hydrogen-bond acceptors (Lipinski definition) is 2. The van der Waals surface area contributed by atoms with Gasteiger partial charge in [0, 0.05) is 20.1 Å². The molecule has 1 rings (SSSR count). The van der Waals surface area contributed by atoms with E-state index in [1.165, 1.54) is 0 Å². The number of nitrogens with one attached hydrogen (secondary N) is 1. The van der Waals surface area contributed by atoms with Crippen LogP contribution in [0.3, 0.4) is 0 Å². The van der Waals surface area contributed by atoms with Crippen LogP contribution in [0.5, 0.6) is 0 Å². The van der Waals surface area contributed by atoms with Crippen LogP contribution >= 0.6 is 38.5 Å². The fourth-order valence-electron chi connectivity index (χ4n) is 1.10. The molecule has 3 nitrogen and oxygen atoms in total. The van der Waals surface area contributed by atoms with Crippen LogP contribution in [0.25, 0.3) is 0 Å². The molecule has 0 fully saturated rings. The van der Waals surface area contributed by atoms with Gasteiger partial charge in [0.1, 0.15) is 0 Å². The molecule has 0 aliphatic rings. The van der Waals surface area contributed by atoms with E-state index in [2.05, 4.69) is 43.8 Å². The van der Waals surface area contributed by atoms with E-state index in [0.717, 1.165) is 8.04 Å². The third-order valence-electron chi connectivity index (χ3n) is 2.14. The van der Waals surface area contributed by atoms with Crippen LogP contribution in [0.4, 0.5) is 0 Å². The number of carbonyl (C=O) groups excluding carboxylic acids is 1. The molecule has 1 aromatic carbocycles. The first-order chi connectivity index (χ1) is 7.35. The van der Waals surface area contributed by atoms with Crippen LogP contribution in [0.2, 0.25) is 0 Å². The van der Waals surface area contributed by atoms with Crippen molar-refractivity contribution < 1.29 is 4.79 Å². The number of benzene rings is 1. The van der Waals surface area contributed by atoms with E-state index in [1.54, 1.807) is 0 Å². The molecule has 1 amide bonds. The van der Waals surface area contributed by atoms with Crippen LogP contribution in [-0.4, -0.2) is 18.0 Å². The Morgan fingerprint density at radius 1 is 1.56 bits per heavy atom. The lowest BCUT2D eigenvalue weighted by Gasteiger charge is -2.24. The van der Waals surface area contributed by atoms with Gasteiger partial charge in [0.25, 0.3) is 5.91 Å². The zero-order valence-electron chi connectivity index (χ0n) is 9.18. The van der Waals surface area contributed by atoms with Crippen molar-refractivity contribution in [1.29, 1.82) is 0 Å². The fourth-order valence-corrected chi connectivity index (χ4v) is 2.02. The third-order valence-corrected chi connectivity index (χ3v) is 3.50. The van der Waals surface area contributed by atoms with Crippen molar-refractivity contribution in [3.63, 3.8) is 0 Å². The summed E-state index contributed by atoms with van der Waals surface area (Å²) in [7, 11) is 0. The lowest BCUT2D eigenvalue weighted by Crippen LogP contribution is -2.48. The first-order valence-corrected chi connectivity index (χ1v) is 6.70. The Labute approximate surface area is 117 Å². The quantitative estimate of drug-likeness (QED) is 0.771. The Morgan fingerprint density at radius 2 is 2.19 bits per heavy atom. The van der Waals surface area contributed by atoms with Gasteiger partial charge in [-0.25, -0.2) is 0 Å². The maximum absolute atomic E-state index is 12.0. The highest BCUT2D eigenvalue weighted by Crippen LogP contribution is 2.20. The van der Waals surface area contributed by atoms with Gasteiger partial charge >= 0.3 is 0 Å². The molecule has 88 valence electrons. The summed E-state index contributed by atoms with van der Waals surface area (Å²) >= 11 is 5.54. The lowest BCUT2D eigenvalue weighted by atomic mass is 10.1. The summed E-state index contributed by atoms with van der Waals surface area (Å²) in [6.07, 6.45) is 0. The van der Waals surface area contributed by atoms with Crippen molar-refractivity contribution in [2.45, 2.75) is 19.4 Å². The summed E-state index contributed by atoms with van der Waals surface area (Å²) in [5.41, 5.74) is 5.81. The highest BCUT2D eigenvalue weighted by Gasteiger charge is 2.20. The minimum atomic E-state index is -0.391. The molecule has 5 heteroatoms. The van der Waals surface area contributed by atoms with E-state index in [-0.39, 0.29) is 5.91 Å². The van der Waals surface area contributed by atoms with Crippen LogP contribution in [0.1, 0.15) is 24.2 Å². The molecule has 0 aromatic heterocycles. The summed E-state index contributed by atoms with van der Waals surface area (Å²) in [4.78, 5) is 12.0. The maximum Gasteiger partial charge on any atom is 0.252 e. The summed E-state index contributed by atoms with van der Waals surface area (Å²) in [5, 5.41) is 2.89. The Hall–Kier alpha value is -0.140. The maximum atomic E-state index is 12.0. The van der Waals surface area contributed by atoms with Gasteiger partial charge in [-0.15, -0.1) is 0 Å².